The fourth-order valence-corrected chi connectivity index (χ4v) is 4.72. The lowest BCUT2D eigenvalue weighted by Crippen LogP contribution is -2.54. The molecule has 2 heterocycles. The van der Waals surface area contributed by atoms with E-state index >= 15 is 0 Å². The molecular weight excluding hydrogens is 358 g/mol. The van der Waals surface area contributed by atoms with Crippen LogP contribution in [0.4, 0.5) is 0 Å². The van der Waals surface area contributed by atoms with Crippen molar-refractivity contribution in [3.63, 3.8) is 0 Å². The second kappa shape index (κ2) is 8.66. The summed E-state index contributed by atoms with van der Waals surface area (Å²) in [5.41, 5.74) is 3.19. The summed E-state index contributed by atoms with van der Waals surface area (Å²) < 4.78 is 0. The molecule has 154 valence electrons. The van der Waals surface area contributed by atoms with Gasteiger partial charge in [0.15, 0.2) is 0 Å². The summed E-state index contributed by atoms with van der Waals surface area (Å²) in [6, 6.07) is 12.8. The van der Waals surface area contributed by atoms with Gasteiger partial charge in [-0.3, -0.25) is 9.78 Å². The predicted molar refractivity (Wildman–Crippen MR) is 117 cm³/mol. The van der Waals surface area contributed by atoms with Crippen molar-refractivity contribution >= 4 is 5.91 Å². The van der Waals surface area contributed by atoms with Crippen LogP contribution < -0.4 is 5.32 Å². The molecule has 4 nitrogen and oxygen atoms in total. The molecule has 1 N–H and O–H groups in total. The molecule has 0 bridgehead atoms. The van der Waals surface area contributed by atoms with Gasteiger partial charge >= 0.3 is 0 Å². The molecule has 1 aromatic carbocycles. The van der Waals surface area contributed by atoms with Crippen molar-refractivity contribution in [3.05, 3.63) is 54.4 Å². The Morgan fingerprint density at radius 1 is 1.24 bits per heavy atom. The highest BCUT2D eigenvalue weighted by atomic mass is 16.2. The van der Waals surface area contributed by atoms with E-state index in [-0.39, 0.29) is 17.4 Å². The highest BCUT2D eigenvalue weighted by Crippen LogP contribution is 2.39. The number of nitrogens with zero attached hydrogens (tertiary/aromatic N) is 2. The summed E-state index contributed by atoms with van der Waals surface area (Å²) in [4.78, 5) is 20.3. The minimum absolute atomic E-state index is 0.159. The van der Waals surface area contributed by atoms with Crippen LogP contribution in [0.5, 0.6) is 0 Å². The van der Waals surface area contributed by atoms with Gasteiger partial charge in [-0.2, -0.15) is 0 Å². The van der Waals surface area contributed by atoms with Crippen LogP contribution in [0.1, 0.15) is 45.1 Å². The molecule has 29 heavy (non-hydrogen) atoms. The fourth-order valence-electron chi connectivity index (χ4n) is 4.72. The van der Waals surface area contributed by atoms with E-state index in [1.807, 2.05) is 12.3 Å². The third kappa shape index (κ3) is 4.87. The van der Waals surface area contributed by atoms with Crippen molar-refractivity contribution in [1.82, 2.24) is 15.2 Å². The van der Waals surface area contributed by atoms with Gasteiger partial charge in [-0.15, -0.1) is 0 Å². The van der Waals surface area contributed by atoms with E-state index in [2.05, 4.69) is 59.4 Å². The van der Waals surface area contributed by atoms with Crippen molar-refractivity contribution in [2.75, 3.05) is 19.6 Å². The average molecular weight is 392 g/mol. The lowest BCUT2D eigenvalue weighted by molar-refractivity contribution is -0.135. The maximum Gasteiger partial charge on any atom is 0.228 e. The highest BCUT2D eigenvalue weighted by Gasteiger charge is 2.43. The fraction of sp³-hybridized carbons (Fsp3) is 0.520. The standard InChI is InChI=1S/C25H33N3O/c1-19(2)27-24(29)25(12-6-14-28(18-25)17-20-10-11-20)15-21-7-3-4-9-23(21)22-8-5-13-26-16-22/h3-5,7-9,13,16,19-20H,6,10-12,14-15,17-18H2,1-2H3,(H,27,29). The average Bonchev–Trinajstić information content (AvgIpc) is 3.53. The van der Waals surface area contributed by atoms with Gasteiger partial charge in [0, 0.05) is 37.1 Å². The molecule has 4 heteroatoms. The smallest absolute Gasteiger partial charge is 0.228 e. The lowest BCUT2D eigenvalue weighted by atomic mass is 9.73. The molecule has 4 rings (SSSR count). The number of likely N-dealkylation sites (tertiary alicyclic amines) is 1. The molecule has 1 saturated carbocycles. The van der Waals surface area contributed by atoms with E-state index in [4.69, 9.17) is 0 Å². The number of benzene rings is 1. The number of piperidine rings is 1. The summed E-state index contributed by atoms with van der Waals surface area (Å²) in [6.45, 7) is 7.25. The Morgan fingerprint density at radius 2 is 2.07 bits per heavy atom. The summed E-state index contributed by atoms with van der Waals surface area (Å²) in [5.74, 6) is 1.07. The molecule has 2 aliphatic rings. The molecule has 2 fully saturated rings. The molecule has 1 saturated heterocycles. The second-order valence-electron chi connectivity index (χ2n) is 9.27. The SMILES string of the molecule is CC(C)NC(=O)C1(Cc2ccccc2-c2cccnc2)CCCN(CC2CC2)C1. The van der Waals surface area contributed by atoms with Crippen LogP contribution in [0.3, 0.4) is 0 Å². The summed E-state index contributed by atoms with van der Waals surface area (Å²) in [5, 5.41) is 3.24. The maximum absolute atomic E-state index is 13.5. The van der Waals surface area contributed by atoms with Crippen molar-refractivity contribution in [2.45, 2.75) is 52.0 Å². The monoisotopic (exact) mass is 391 g/mol. The Morgan fingerprint density at radius 3 is 2.79 bits per heavy atom. The van der Waals surface area contributed by atoms with Gasteiger partial charge in [-0.1, -0.05) is 30.3 Å². The second-order valence-corrected chi connectivity index (χ2v) is 9.27. The summed E-state index contributed by atoms with van der Waals surface area (Å²) in [6.07, 6.45) is 9.25. The first-order valence-electron chi connectivity index (χ1n) is 11.1. The molecular formula is C25H33N3O. The van der Waals surface area contributed by atoms with Crippen LogP contribution in [-0.4, -0.2) is 41.5 Å². The number of aromatic nitrogens is 1. The van der Waals surface area contributed by atoms with E-state index in [1.54, 1.807) is 6.20 Å². The third-order valence-corrected chi connectivity index (χ3v) is 6.29. The van der Waals surface area contributed by atoms with Gasteiger partial charge in [0.25, 0.3) is 0 Å². The first kappa shape index (κ1) is 20.1. The summed E-state index contributed by atoms with van der Waals surface area (Å²) >= 11 is 0. The van der Waals surface area contributed by atoms with Crippen LogP contribution >= 0.6 is 0 Å². The minimum Gasteiger partial charge on any atom is -0.353 e. The molecule has 1 aliphatic heterocycles. The van der Waals surface area contributed by atoms with Crippen LogP contribution in [0.15, 0.2) is 48.8 Å². The van der Waals surface area contributed by atoms with Crippen LogP contribution in [0.2, 0.25) is 0 Å². The zero-order chi connectivity index (χ0) is 20.3. The number of rotatable bonds is 7. The molecule has 1 atom stereocenters. The Labute approximate surface area is 174 Å². The zero-order valence-electron chi connectivity index (χ0n) is 17.7. The Balaban J connectivity index is 1.65. The number of hydrogen-bond acceptors (Lipinski definition) is 3. The quantitative estimate of drug-likeness (QED) is 0.765. The first-order chi connectivity index (χ1) is 14.1. The van der Waals surface area contributed by atoms with Crippen molar-refractivity contribution in [1.29, 1.82) is 0 Å². The first-order valence-corrected chi connectivity index (χ1v) is 11.1. The van der Waals surface area contributed by atoms with Crippen LogP contribution in [0, 0.1) is 11.3 Å². The molecule has 1 unspecified atom stereocenters. The highest BCUT2D eigenvalue weighted by molar-refractivity contribution is 5.84. The van der Waals surface area contributed by atoms with Crippen molar-refractivity contribution in [3.8, 4) is 11.1 Å². The normalized spacial score (nSPS) is 22.6. The van der Waals surface area contributed by atoms with Crippen molar-refractivity contribution in [2.24, 2.45) is 11.3 Å². The number of pyridine rings is 1. The number of hydrogen-bond donors (Lipinski definition) is 1. The molecule has 0 radical (unpaired) electrons. The van der Waals surface area contributed by atoms with E-state index in [9.17, 15) is 4.79 Å². The van der Waals surface area contributed by atoms with E-state index < -0.39 is 0 Å². The molecule has 1 aromatic heterocycles. The molecule has 1 aliphatic carbocycles. The van der Waals surface area contributed by atoms with Gasteiger partial charge in [-0.05, 0) is 75.6 Å². The van der Waals surface area contributed by atoms with Crippen LogP contribution in [-0.2, 0) is 11.2 Å². The third-order valence-electron chi connectivity index (χ3n) is 6.29. The van der Waals surface area contributed by atoms with Crippen molar-refractivity contribution < 1.29 is 4.79 Å². The lowest BCUT2D eigenvalue weighted by Gasteiger charge is -2.42. The number of carbonyl (C=O) groups is 1. The Hall–Kier alpha value is -2.20. The van der Waals surface area contributed by atoms with Gasteiger partial charge in [0.1, 0.15) is 0 Å². The Kier molecular flexibility index (Phi) is 6.00. The number of amides is 1. The number of nitrogens with one attached hydrogen (secondary N) is 1. The minimum atomic E-state index is -0.365. The summed E-state index contributed by atoms with van der Waals surface area (Å²) in [7, 11) is 0. The largest absolute Gasteiger partial charge is 0.353 e. The molecule has 1 amide bonds. The van der Waals surface area contributed by atoms with Gasteiger partial charge in [0.05, 0.1) is 5.41 Å². The zero-order valence-corrected chi connectivity index (χ0v) is 17.7. The van der Waals surface area contributed by atoms with Gasteiger partial charge in [0.2, 0.25) is 5.91 Å². The number of carbonyl (C=O) groups excluding carboxylic acids is 1. The predicted octanol–water partition coefficient (Wildman–Crippen LogP) is 4.31. The topological polar surface area (TPSA) is 45.2 Å². The molecule has 0 spiro atoms. The Bertz CT molecular complexity index is 831. The maximum atomic E-state index is 13.5. The van der Waals surface area contributed by atoms with E-state index in [1.165, 1.54) is 24.0 Å². The van der Waals surface area contributed by atoms with E-state index in [0.717, 1.165) is 50.4 Å². The van der Waals surface area contributed by atoms with Crippen LogP contribution in [0.25, 0.3) is 11.1 Å². The van der Waals surface area contributed by atoms with Gasteiger partial charge < -0.3 is 10.2 Å². The molecule has 2 aromatic rings. The van der Waals surface area contributed by atoms with Gasteiger partial charge in [-0.25, -0.2) is 0 Å². The van der Waals surface area contributed by atoms with E-state index in [0.29, 0.717) is 0 Å².